The van der Waals surface area contributed by atoms with Crippen LogP contribution in [0.1, 0.15) is 17.3 Å². The minimum absolute atomic E-state index is 0.214. The van der Waals surface area contributed by atoms with Crippen molar-refractivity contribution < 1.29 is 9.53 Å². The predicted molar refractivity (Wildman–Crippen MR) is 81.4 cm³/mol. The van der Waals surface area contributed by atoms with Crippen molar-refractivity contribution in [1.82, 2.24) is 0 Å². The van der Waals surface area contributed by atoms with Gasteiger partial charge in [-0.15, -0.1) is 0 Å². The number of nitrogen functional groups attached to an aromatic ring is 1. The Morgan fingerprint density at radius 1 is 1.25 bits per heavy atom. The smallest absolute Gasteiger partial charge is 0.255 e. The number of amides is 1. The summed E-state index contributed by atoms with van der Waals surface area (Å²) in [4.78, 5) is 12.1. The molecular formula is C15H15ClN2O2. The molecule has 1 amide bonds. The molecule has 2 aromatic carbocycles. The van der Waals surface area contributed by atoms with E-state index in [2.05, 4.69) is 5.32 Å². The van der Waals surface area contributed by atoms with Gasteiger partial charge in [0, 0.05) is 22.3 Å². The summed E-state index contributed by atoms with van der Waals surface area (Å²) in [5, 5.41) is 3.38. The Morgan fingerprint density at radius 3 is 2.60 bits per heavy atom. The van der Waals surface area contributed by atoms with E-state index in [4.69, 9.17) is 22.1 Å². The highest BCUT2D eigenvalue weighted by atomic mass is 35.5. The molecule has 0 radical (unpaired) electrons. The van der Waals surface area contributed by atoms with Gasteiger partial charge in [0.05, 0.1) is 12.3 Å². The summed E-state index contributed by atoms with van der Waals surface area (Å²) < 4.78 is 5.39. The van der Waals surface area contributed by atoms with Crippen molar-refractivity contribution in [3.63, 3.8) is 0 Å². The van der Waals surface area contributed by atoms with E-state index in [1.54, 1.807) is 42.5 Å². The molecule has 0 aliphatic heterocycles. The number of nitrogens with two attached hydrogens (primary N) is 1. The molecule has 0 aliphatic carbocycles. The number of benzene rings is 2. The second-order valence-corrected chi connectivity index (χ2v) is 4.58. The van der Waals surface area contributed by atoms with Crippen LogP contribution < -0.4 is 15.8 Å². The maximum absolute atomic E-state index is 12.1. The van der Waals surface area contributed by atoms with Gasteiger partial charge in [-0.05, 0) is 43.3 Å². The number of hydrogen-bond donors (Lipinski definition) is 2. The Morgan fingerprint density at radius 2 is 1.95 bits per heavy atom. The van der Waals surface area contributed by atoms with Gasteiger partial charge in [0.1, 0.15) is 5.75 Å². The van der Waals surface area contributed by atoms with E-state index in [9.17, 15) is 4.79 Å². The minimum atomic E-state index is -0.214. The normalized spacial score (nSPS) is 10.1. The number of carbonyl (C=O) groups excluding carboxylic acids is 1. The van der Waals surface area contributed by atoms with E-state index in [1.165, 1.54) is 0 Å². The maximum Gasteiger partial charge on any atom is 0.255 e. The molecule has 0 spiro atoms. The number of rotatable bonds is 4. The zero-order valence-corrected chi connectivity index (χ0v) is 11.8. The quantitative estimate of drug-likeness (QED) is 0.846. The fraction of sp³-hybridized carbons (Fsp3) is 0.133. The van der Waals surface area contributed by atoms with E-state index in [-0.39, 0.29) is 5.91 Å². The highest BCUT2D eigenvalue weighted by molar-refractivity contribution is 6.30. The third-order valence-electron chi connectivity index (χ3n) is 2.68. The average molecular weight is 291 g/mol. The van der Waals surface area contributed by atoms with E-state index in [0.29, 0.717) is 34.3 Å². The van der Waals surface area contributed by atoms with E-state index in [1.807, 2.05) is 6.92 Å². The monoisotopic (exact) mass is 290 g/mol. The van der Waals surface area contributed by atoms with Crippen LogP contribution in [-0.4, -0.2) is 12.5 Å². The van der Waals surface area contributed by atoms with Crippen LogP contribution in [0.4, 0.5) is 11.4 Å². The summed E-state index contributed by atoms with van der Waals surface area (Å²) in [7, 11) is 0. The van der Waals surface area contributed by atoms with Crippen molar-refractivity contribution in [2.75, 3.05) is 17.7 Å². The molecule has 0 aliphatic rings. The number of carbonyl (C=O) groups is 1. The van der Waals surface area contributed by atoms with Gasteiger partial charge >= 0.3 is 0 Å². The summed E-state index contributed by atoms with van der Waals surface area (Å²) in [5.74, 6) is 0.343. The van der Waals surface area contributed by atoms with Crippen LogP contribution in [0.25, 0.3) is 0 Å². The third kappa shape index (κ3) is 3.42. The van der Waals surface area contributed by atoms with E-state index >= 15 is 0 Å². The molecule has 0 bridgehead atoms. The minimum Gasteiger partial charge on any atom is -0.492 e. The molecule has 4 nitrogen and oxygen atoms in total. The Hall–Kier alpha value is -2.20. The lowest BCUT2D eigenvalue weighted by Gasteiger charge is -2.10. The first kappa shape index (κ1) is 14.2. The topological polar surface area (TPSA) is 64.3 Å². The van der Waals surface area contributed by atoms with Crippen molar-refractivity contribution in [2.24, 2.45) is 0 Å². The molecule has 104 valence electrons. The van der Waals surface area contributed by atoms with Crippen LogP contribution in [0.15, 0.2) is 42.5 Å². The fourth-order valence-corrected chi connectivity index (χ4v) is 1.82. The van der Waals surface area contributed by atoms with Gasteiger partial charge in [0.25, 0.3) is 5.91 Å². The molecule has 3 N–H and O–H groups in total. The molecule has 0 fully saturated rings. The summed E-state index contributed by atoms with van der Waals surface area (Å²) in [6, 6.07) is 11.8. The lowest BCUT2D eigenvalue weighted by molar-refractivity contribution is 0.102. The zero-order valence-electron chi connectivity index (χ0n) is 11.0. The highest BCUT2D eigenvalue weighted by Crippen LogP contribution is 2.25. The van der Waals surface area contributed by atoms with Gasteiger partial charge in [-0.2, -0.15) is 0 Å². The lowest BCUT2D eigenvalue weighted by atomic mass is 10.2. The molecule has 20 heavy (non-hydrogen) atoms. The van der Waals surface area contributed by atoms with Crippen molar-refractivity contribution in [3.05, 3.63) is 53.1 Å². The molecule has 2 aromatic rings. The van der Waals surface area contributed by atoms with Crippen molar-refractivity contribution in [3.8, 4) is 5.75 Å². The third-order valence-corrected chi connectivity index (χ3v) is 2.93. The molecule has 0 aromatic heterocycles. The molecular weight excluding hydrogens is 276 g/mol. The molecule has 0 saturated heterocycles. The summed E-state index contributed by atoms with van der Waals surface area (Å²) >= 11 is 5.79. The standard InChI is InChI=1S/C15H15ClN2O2/c1-2-20-14-9-12(7-8-13(14)17)18-15(19)10-3-5-11(16)6-4-10/h3-9H,2,17H2,1H3,(H,18,19). The first-order valence-corrected chi connectivity index (χ1v) is 6.57. The largest absolute Gasteiger partial charge is 0.492 e. The summed E-state index contributed by atoms with van der Waals surface area (Å²) in [6.07, 6.45) is 0. The molecule has 5 heteroatoms. The summed E-state index contributed by atoms with van der Waals surface area (Å²) in [6.45, 7) is 2.39. The number of hydrogen-bond acceptors (Lipinski definition) is 3. The van der Waals surface area contributed by atoms with E-state index in [0.717, 1.165) is 0 Å². The van der Waals surface area contributed by atoms with Gasteiger partial charge in [-0.3, -0.25) is 4.79 Å². The number of ether oxygens (including phenoxy) is 1. The van der Waals surface area contributed by atoms with Crippen LogP contribution in [0.5, 0.6) is 5.75 Å². The average Bonchev–Trinajstić information content (AvgIpc) is 2.43. The summed E-state index contributed by atoms with van der Waals surface area (Å²) in [5.41, 5.74) is 7.48. The molecule has 0 heterocycles. The first-order valence-electron chi connectivity index (χ1n) is 6.19. The highest BCUT2D eigenvalue weighted by Gasteiger charge is 2.08. The van der Waals surface area contributed by atoms with Crippen LogP contribution in [0.3, 0.4) is 0 Å². The van der Waals surface area contributed by atoms with E-state index < -0.39 is 0 Å². The first-order chi connectivity index (χ1) is 9.60. The van der Waals surface area contributed by atoms with Crippen molar-refractivity contribution >= 4 is 28.9 Å². The lowest BCUT2D eigenvalue weighted by Crippen LogP contribution is -2.12. The molecule has 0 saturated carbocycles. The second-order valence-electron chi connectivity index (χ2n) is 4.15. The van der Waals surface area contributed by atoms with Crippen LogP contribution in [-0.2, 0) is 0 Å². The Balaban J connectivity index is 2.15. The molecule has 0 unspecified atom stereocenters. The SMILES string of the molecule is CCOc1cc(NC(=O)c2ccc(Cl)cc2)ccc1N. The number of halogens is 1. The van der Waals surface area contributed by atoms with Crippen molar-refractivity contribution in [2.45, 2.75) is 6.92 Å². The van der Waals surface area contributed by atoms with Gasteiger partial charge in [0.2, 0.25) is 0 Å². The predicted octanol–water partition coefficient (Wildman–Crippen LogP) is 3.57. The number of anilines is 2. The van der Waals surface area contributed by atoms with Gasteiger partial charge in [0.15, 0.2) is 0 Å². The fourth-order valence-electron chi connectivity index (χ4n) is 1.70. The van der Waals surface area contributed by atoms with Crippen molar-refractivity contribution in [1.29, 1.82) is 0 Å². The van der Waals surface area contributed by atoms with Crippen LogP contribution >= 0.6 is 11.6 Å². The Labute approximate surface area is 122 Å². The van der Waals surface area contributed by atoms with Gasteiger partial charge < -0.3 is 15.8 Å². The molecule has 2 rings (SSSR count). The van der Waals surface area contributed by atoms with Crippen LogP contribution in [0.2, 0.25) is 5.02 Å². The second kappa shape index (κ2) is 6.30. The Bertz CT molecular complexity index is 612. The maximum atomic E-state index is 12.1. The number of nitrogens with one attached hydrogen (secondary N) is 1. The van der Waals surface area contributed by atoms with Gasteiger partial charge in [-0.25, -0.2) is 0 Å². The Kier molecular flexibility index (Phi) is 4.48. The zero-order chi connectivity index (χ0) is 14.5. The molecule has 0 atom stereocenters. The van der Waals surface area contributed by atoms with Crippen LogP contribution in [0, 0.1) is 0 Å². The van der Waals surface area contributed by atoms with Gasteiger partial charge in [-0.1, -0.05) is 11.6 Å².